The van der Waals surface area contributed by atoms with E-state index in [2.05, 4.69) is 0 Å². The number of halogens is 1. The number of rotatable bonds is 4. The predicted octanol–water partition coefficient (Wildman–Crippen LogP) is 2.70. The topological polar surface area (TPSA) is 61.8 Å². The smallest absolute Gasteiger partial charge is 0.341 e. The van der Waals surface area contributed by atoms with Crippen LogP contribution in [0.15, 0.2) is 42.2 Å². The van der Waals surface area contributed by atoms with Crippen molar-refractivity contribution in [2.24, 2.45) is 0 Å². The summed E-state index contributed by atoms with van der Waals surface area (Å²) in [6.07, 6.45) is 1.87. The Kier molecular flexibility index (Phi) is 4.65. The van der Waals surface area contributed by atoms with Crippen LogP contribution in [0.2, 0.25) is 5.02 Å². The third kappa shape index (κ3) is 3.64. The molecule has 0 saturated carbocycles. The zero-order chi connectivity index (χ0) is 15.4. The van der Waals surface area contributed by atoms with E-state index in [0.717, 1.165) is 0 Å². The number of esters is 2. The fourth-order valence-electron chi connectivity index (χ4n) is 1.71. The fourth-order valence-corrected chi connectivity index (χ4v) is 1.90. The molecule has 5 nitrogen and oxygen atoms in total. The molecule has 1 atom stereocenters. The molecule has 1 aromatic carbocycles. The minimum Gasteiger partial charge on any atom is -0.465 e. The van der Waals surface area contributed by atoms with Crippen molar-refractivity contribution in [3.05, 3.63) is 52.8 Å². The molecule has 0 spiro atoms. The summed E-state index contributed by atoms with van der Waals surface area (Å²) in [5, 5.41) is 0.477. The lowest BCUT2D eigenvalue weighted by atomic mass is 10.1. The summed E-state index contributed by atoms with van der Waals surface area (Å²) in [7, 11) is 1.26. The van der Waals surface area contributed by atoms with Gasteiger partial charge in [0.1, 0.15) is 11.8 Å². The first-order valence-electron chi connectivity index (χ1n) is 6.10. The zero-order valence-electron chi connectivity index (χ0n) is 11.5. The SMILES string of the molecule is COC(=O)/C(=C/OC1C=C(C)C(=O)O1)c1cccc(Cl)c1. The Morgan fingerprint density at radius 1 is 1.43 bits per heavy atom. The van der Waals surface area contributed by atoms with Crippen molar-refractivity contribution in [3.8, 4) is 0 Å². The average Bonchev–Trinajstić information content (AvgIpc) is 2.77. The molecule has 1 unspecified atom stereocenters. The summed E-state index contributed by atoms with van der Waals surface area (Å²) < 4.78 is 14.9. The highest BCUT2D eigenvalue weighted by Gasteiger charge is 2.23. The minimum absolute atomic E-state index is 0.175. The molecule has 21 heavy (non-hydrogen) atoms. The number of hydrogen-bond acceptors (Lipinski definition) is 5. The van der Waals surface area contributed by atoms with Crippen molar-refractivity contribution in [2.45, 2.75) is 13.2 Å². The molecule has 6 heteroatoms. The molecule has 0 aliphatic carbocycles. The third-order valence-corrected chi connectivity index (χ3v) is 3.03. The van der Waals surface area contributed by atoms with Gasteiger partial charge in [-0.1, -0.05) is 23.7 Å². The van der Waals surface area contributed by atoms with E-state index in [1.807, 2.05) is 0 Å². The van der Waals surface area contributed by atoms with E-state index in [1.54, 1.807) is 31.2 Å². The summed E-state index contributed by atoms with van der Waals surface area (Å²) >= 11 is 5.90. The highest BCUT2D eigenvalue weighted by atomic mass is 35.5. The van der Waals surface area contributed by atoms with E-state index in [9.17, 15) is 9.59 Å². The lowest BCUT2D eigenvalue weighted by Gasteiger charge is -2.10. The van der Waals surface area contributed by atoms with Gasteiger partial charge >= 0.3 is 11.9 Å². The van der Waals surface area contributed by atoms with Crippen molar-refractivity contribution < 1.29 is 23.8 Å². The molecule has 1 aromatic rings. The summed E-state index contributed by atoms with van der Waals surface area (Å²) in [5.74, 6) is -1.03. The van der Waals surface area contributed by atoms with Gasteiger partial charge in [0.25, 0.3) is 6.29 Å². The van der Waals surface area contributed by atoms with Crippen LogP contribution in [0.4, 0.5) is 0 Å². The van der Waals surface area contributed by atoms with Gasteiger partial charge in [-0.15, -0.1) is 0 Å². The molecule has 1 heterocycles. The fraction of sp³-hybridized carbons (Fsp3) is 0.200. The Balaban J connectivity index is 2.23. The number of carbonyl (C=O) groups excluding carboxylic acids is 2. The average molecular weight is 309 g/mol. The van der Waals surface area contributed by atoms with Gasteiger partial charge in [0.05, 0.1) is 7.11 Å². The lowest BCUT2D eigenvalue weighted by molar-refractivity contribution is -0.152. The van der Waals surface area contributed by atoms with Gasteiger partial charge in [-0.25, -0.2) is 9.59 Å². The number of cyclic esters (lactones) is 1. The van der Waals surface area contributed by atoms with Crippen molar-refractivity contribution in [2.75, 3.05) is 7.11 Å². The molecular weight excluding hydrogens is 296 g/mol. The first-order valence-corrected chi connectivity index (χ1v) is 6.48. The van der Waals surface area contributed by atoms with E-state index in [4.69, 9.17) is 25.8 Å². The van der Waals surface area contributed by atoms with Gasteiger partial charge in [-0.05, 0) is 24.6 Å². The molecule has 0 N–H and O–H groups in total. The van der Waals surface area contributed by atoms with Gasteiger partial charge in [0.2, 0.25) is 0 Å². The quantitative estimate of drug-likeness (QED) is 0.486. The molecule has 0 amide bonds. The normalized spacial score (nSPS) is 18.0. The van der Waals surface area contributed by atoms with Crippen molar-refractivity contribution >= 4 is 29.1 Å². The van der Waals surface area contributed by atoms with Crippen LogP contribution in [0.3, 0.4) is 0 Å². The number of benzene rings is 1. The van der Waals surface area contributed by atoms with Crippen LogP contribution in [0.25, 0.3) is 5.57 Å². The van der Waals surface area contributed by atoms with Crippen LogP contribution in [-0.2, 0) is 23.8 Å². The Labute approximate surface area is 126 Å². The van der Waals surface area contributed by atoms with E-state index >= 15 is 0 Å². The zero-order valence-corrected chi connectivity index (χ0v) is 12.2. The summed E-state index contributed by atoms with van der Waals surface area (Å²) in [4.78, 5) is 23.1. The molecule has 0 radical (unpaired) electrons. The number of carbonyl (C=O) groups is 2. The molecule has 0 aromatic heterocycles. The van der Waals surface area contributed by atoms with E-state index in [0.29, 0.717) is 16.2 Å². The van der Waals surface area contributed by atoms with Crippen LogP contribution in [0.1, 0.15) is 12.5 Å². The maximum absolute atomic E-state index is 11.8. The number of ether oxygens (including phenoxy) is 3. The van der Waals surface area contributed by atoms with E-state index in [-0.39, 0.29) is 5.57 Å². The van der Waals surface area contributed by atoms with Gasteiger partial charge in [-0.3, -0.25) is 0 Å². The largest absolute Gasteiger partial charge is 0.465 e. The Bertz CT molecular complexity index is 633. The van der Waals surface area contributed by atoms with Gasteiger partial charge in [0, 0.05) is 16.7 Å². The Morgan fingerprint density at radius 3 is 2.76 bits per heavy atom. The van der Waals surface area contributed by atoms with Crippen LogP contribution < -0.4 is 0 Å². The number of methoxy groups -OCH3 is 1. The van der Waals surface area contributed by atoms with Crippen LogP contribution in [0.5, 0.6) is 0 Å². The minimum atomic E-state index is -0.851. The van der Waals surface area contributed by atoms with Gasteiger partial charge < -0.3 is 14.2 Å². The predicted molar refractivity (Wildman–Crippen MR) is 76.2 cm³/mol. The highest BCUT2D eigenvalue weighted by molar-refractivity contribution is 6.31. The van der Waals surface area contributed by atoms with Crippen LogP contribution >= 0.6 is 11.6 Å². The summed E-state index contributed by atoms with van der Waals surface area (Å²) in [6, 6.07) is 6.69. The first kappa shape index (κ1) is 15.1. The summed E-state index contributed by atoms with van der Waals surface area (Å²) in [6.45, 7) is 1.62. The first-order chi connectivity index (χ1) is 10.0. The molecule has 0 saturated heterocycles. The Morgan fingerprint density at radius 2 is 2.19 bits per heavy atom. The highest BCUT2D eigenvalue weighted by Crippen LogP contribution is 2.22. The molecule has 110 valence electrons. The number of hydrogen-bond donors (Lipinski definition) is 0. The molecular formula is C15H13ClO5. The van der Waals surface area contributed by atoms with E-state index < -0.39 is 18.2 Å². The second kappa shape index (κ2) is 6.45. The maximum Gasteiger partial charge on any atom is 0.341 e. The summed E-state index contributed by atoms with van der Waals surface area (Å²) in [5.41, 5.74) is 1.17. The van der Waals surface area contributed by atoms with E-state index in [1.165, 1.54) is 19.4 Å². The lowest BCUT2D eigenvalue weighted by Crippen LogP contribution is -2.11. The maximum atomic E-state index is 11.8. The molecule has 2 rings (SSSR count). The monoisotopic (exact) mass is 308 g/mol. The van der Waals surface area contributed by atoms with Crippen molar-refractivity contribution in [1.82, 2.24) is 0 Å². The molecule has 1 aliphatic rings. The standard InChI is InChI=1S/C15H13ClO5/c1-9-6-13(21-14(9)17)20-8-12(15(18)19-2)10-4-3-5-11(16)7-10/h3-8,13H,1-2H3/b12-8+. The van der Waals surface area contributed by atoms with Gasteiger partial charge in [0.15, 0.2) is 0 Å². The van der Waals surface area contributed by atoms with Crippen LogP contribution in [0, 0.1) is 0 Å². The van der Waals surface area contributed by atoms with Crippen molar-refractivity contribution in [1.29, 1.82) is 0 Å². The second-order valence-electron chi connectivity index (χ2n) is 4.29. The van der Waals surface area contributed by atoms with Crippen LogP contribution in [-0.4, -0.2) is 25.3 Å². The van der Waals surface area contributed by atoms with Crippen molar-refractivity contribution in [3.63, 3.8) is 0 Å². The molecule has 1 aliphatic heterocycles. The molecule has 0 fully saturated rings. The Hall–Kier alpha value is -2.27. The molecule has 0 bridgehead atoms. The van der Waals surface area contributed by atoms with Gasteiger partial charge in [-0.2, -0.15) is 0 Å². The second-order valence-corrected chi connectivity index (χ2v) is 4.73. The third-order valence-electron chi connectivity index (χ3n) is 2.79.